The average molecular weight is 317 g/mol. The second-order valence-corrected chi connectivity index (χ2v) is 6.26. The summed E-state index contributed by atoms with van der Waals surface area (Å²) in [6, 6.07) is 12.9. The molecule has 2 aromatic rings. The Morgan fingerprint density at radius 2 is 2.00 bits per heavy atom. The number of rotatable bonds is 3. The van der Waals surface area contributed by atoms with Gasteiger partial charge >= 0.3 is 0 Å². The van der Waals surface area contributed by atoms with Crippen LogP contribution in [0.2, 0.25) is 0 Å². The minimum Gasteiger partial charge on any atom is -0.315 e. The molecule has 3 rings (SSSR count). The monoisotopic (exact) mass is 316 g/mol. The predicted molar refractivity (Wildman–Crippen MR) is 81.4 cm³/mol. The predicted octanol–water partition coefficient (Wildman–Crippen LogP) is 3.24. The van der Waals surface area contributed by atoms with Crippen molar-refractivity contribution in [3.8, 4) is 0 Å². The Morgan fingerprint density at radius 3 is 2.58 bits per heavy atom. The van der Waals surface area contributed by atoms with Gasteiger partial charge in [0, 0.05) is 41.3 Å². The van der Waals surface area contributed by atoms with Crippen molar-refractivity contribution >= 4 is 15.9 Å². The first kappa shape index (κ1) is 12.8. The van der Waals surface area contributed by atoms with E-state index in [9.17, 15) is 0 Å². The van der Waals surface area contributed by atoms with E-state index in [0.717, 1.165) is 29.7 Å². The molecule has 19 heavy (non-hydrogen) atoms. The molecule has 0 spiro atoms. The smallest absolute Gasteiger partial charge is 0.0414 e. The van der Waals surface area contributed by atoms with Gasteiger partial charge in [0.15, 0.2) is 0 Å². The number of aromatic nitrogens is 1. The molecule has 0 radical (unpaired) electrons. The molecule has 98 valence electrons. The molecular weight excluding hydrogens is 300 g/mol. The number of hydrogen-bond acceptors (Lipinski definition) is 2. The molecule has 1 aliphatic rings. The van der Waals surface area contributed by atoms with Crippen molar-refractivity contribution in [2.45, 2.75) is 18.8 Å². The van der Waals surface area contributed by atoms with Gasteiger partial charge in [-0.2, -0.15) is 0 Å². The minimum atomic E-state index is 0.214. The fourth-order valence-corrected chi connectivity index (χ4v) is 3.10. The van der Waals surface area contributed by atoms with Crippen LogP contribution in [-0.4, -0.2) is 18.1 Å². The summed E-state index contributed by atoms with van der Waals surface area (Å²) in [4.78, 5) is 4.53. The van der Waals surface area contributed by atoms with E-state index in [4.69, 9.17) is 0 Å². The van der Waals surface area contributed by atoms with Crippen molar-refractivity contribution in [1.29, 1.82) is 0 Å². The molecule has 3 heteroatoms. The average Bonchev–Trinajstić information content (AvgIpc) is 2.37. The van der Waals surface area contributed by atoms with Gasteiger partial charge in [-0.1, -0.05) is 24.3 Å². The third kappa shape index (κ3) is 2.45. The molecule has 1 saturated heterocycles. The van der Waals surface area contributed by atoms with Gasteiger partial charge in [-0.3, -0.25) is 4.98 Å². The molecule has 0 amide bonds. The van der Waals surface area contributed by atoms with Crippen LogP contribution in [0.3, 0.4) is 0 Å². The van der Waals surface area contributed by atoms with E-state index in [2.05, 4.69) is 69.6 Å². The molecule has 0 saturated carbocycles. The van der Waals surface area contributed by atoms with Gasteiger partial charge in [0.25, 0.3) is 0 Å². The summed E-state index contributed by atoms with van der Waals surface area (Å²) < 4.78 is 1.04. The first-order valence-corrected chi connectivity index (χ1v) is 7.36. The Bertz CT molecular complexity index is 574. The standard InChI is InChI=1S/C16H17BrN2/c1-12-4-2-3-5-15(12)16(10-18-11-16)8-14-7-6-13(17)9-19-14/h2-7,9,18H,8,10-11H2,1H3. The summed E-state index contributed by atoms with van der Waals surface area (Å²) in [6.45, 7) is 4.27. The minimum absolute atomic E-state index is 0.214. The molecule has 1 aromatic carbocycles. The SMILES string of the molecule is Cc1ccccc1C1(Cc2ccc(Br)cn2)CNC1. The second-order valence-electron chi connectivity index (χ2n) is 5.34. The molecule has 1 fully saturated rings. The van der Waals surface area contributed by atoms with E-state index in [1.807, 2.05) is 6.20 Å². The van der Waals surface area contributed by atoms with E-state index in [-0.39, 0.29) is 5.41 Å². The van der Waals surface area contributed by atoms with Gasteiger partial charge in [0.05, 0.1) is 0 Å². The lowest BCUT2D eigenvalue weighted by atomic mass is 9.70. The Balaban J connectivity index is 1.92. The highest BCUT2D eigenvalue weighted by atomic mass is 79.9. The zero-order valence-corrected chi connectivity index (χ0v) is 12.6. The number of aryl methyl sites for hydroxylation is 1. The maximum atomic E-state index is 4.53. The summed E-state index contributed by atoms with van der Waals surface area (Å²) in [5.41, 5.74) is 4.21. The quantitative estimate of drug-likeness (QED) is 0.940. The number of halogens is 1. The maximum absolute atomic E-state index is 4.53. The first-order chi connectivity index (χ1) is 9.20. The largest absolute Gasteiger partial charge is 0.315 e. The van der Waals surface area contributed by atoms with Crippen LogP contribution in [0.5, 0.6) is 0 Å². The third-order valence-electron chi connectivity index (χ3n) is 3.95. The summed E-state index contributed by atoms with van der Waals surface area (Å²) in [5.74, 6) is 0. The number of benzene rings is 1. The van der Waals surface area contributed by atoms with E-state index in [0.29, 0.717) is 0 Å². The molecule has 0 unspecified atom stereocenters. The zero-order chi connectivity index (χ0) is 13.3. The van der Waals surface area contributed by atoms with Gasteiger partial charge in [-0.25, -0.2) is 0 Å². The fraction of sp³-hybridized carbons (Fsp3) is 0.312. The zero-order valence-electron chi connectivity index (χ0n) is 11.0. The van der Waals surface area contributed by atoms with Crippen molar-refractivity contribution in [2.75, 3.05) is 13.1 Å². The molecule has 2 nitrogen and oxygen atoms in total. The number of hydrogen-bond donors (Lipinski definition) is 1. The van der Waals surface area contributed by atoms with Crippen molar-refractivity contribution in [3.05, 3.63) is 63.9 Å². The third-order valence-corrected chi connectivity index (χ3v) is 4.42. The van der Waals surface area contributed by atoms with Gasteiger partial charge in [0.2, 0.25) is 0 Å². The molecular formula is C16H17BrN2. The molecule has 0 bridgehead atoms. The van der Waals surface area contributed by atoms with Crippen LogP contribution in [0, 0.1) is 6.92 Å². The van der Waals surface area contributed by atoms with Crippen LogP contribution in [0.1, 0.15) is 16.8 Å². The van der Waals surface area contributed by atoms with Crippen LogP contribution in [0.4, 0.5) is 0 Å². The molecule has 1 aromatic heterocycles. The highest BCUT2D eigenvalue weighted by Crippen LogP contribution is 2.34. The van der Waals surface area contributed by atoms with E-state index in [1.54, 1.807) is 0 Å². The summed E-state index contributed by atoms with van der Waals surface area (Å²) in [7, 11) is 0. The van der Waals surface area contributed by atoms with Gasteiger partial charge in [-0.05, 0) is 46.1 Å². The lowest BCUT2D eigenvalue weighted by molar-refractivity contribution is 0.271. The van der Waals surface area contributed by atoms with Crippen LogP contribution in [0.15, 0.2) is 47.1 Å². The Kier molecular flexibility index (Phi) is 3.42. The van der Waals surface area contributed by atoms with Gasteiger partial charge in [0.1, 0.15) is 0 Å². The Hall–Kier alpha value is -1.19. The van der Waals surface area contributed by atoms with E-state index in [1.165, 1.54) is 11.1 Å². The first-order valence-electron chi connectivity index (χ1n) is 6.57. The van der Waals surface area contributed by atoms with Crippen molar-refractivity contribution in [3.63, 3.8) is 0 Å². The van der Waals surface area contributed by atoms with Crippen molar-refractivity contribution in [1.82, 2.24) is 10.3 Å². The van der Waals surface area contributed by atoms with Gasteiger partial charge in [-0.15, -0.1) is 0 Å². The van der Waals surface area contributed by atoms with Crippen LogP contribution in [-0.2, 0) is 11.8 Å². The number of pyridine rings is 1. The normalized spacial score (nSPS) is 16.9. The van der Waals surface area contributed by atoms with E-state index < -0.39 is 0 Å². The molecule has 0 atom stereocenters. The van der Waals surface area contributed by atoms with Crippen molar-refractivity contribution in [2.24, 2.45) is 0 Å². The molecule has 1 aliphatic heterocycles. The number of nitrogens with one attached hydrogen (secondary N) is 1. The lowest BCUT2D eigenvalue weighted by Gasteiger charge is -2.44. The fourth-order valence-electron chi connectivity index (χ4n) is 2.86. The highest BCUT2D eigenvalue weighted by Gasteiger charge is 2.39. The Morgan fingerprint density at radius 1 is 1.21 bits per heavy atom. The number of nitrogens with zero attached hydrogens (tertiary/aromatic N) is 1. The molecule has 1 N–H and O–H groups in total. The lowest BCUT2D eigenvalue weighted by Crippen LogP contribution is -2.58. The molecule has 2 heterocycles. The van der Waals surface area contributed by atoms with E-state index >= 15 is 0 Å². The molecule has 0 aliphatic carbocycles. The van der Waals surface area contributed by atoms with Gasteiger partial charge < -0.3 is 5.32 Å². The summed E-state index contributed by atoms with van der Waals surface area (Å²) in [6.07, 6.45) is 2.88. The Labute approximate surface area is 122 Å². The van der Waals surface area contributed by atoms with Crippen LogP contribution < -0.4 is 5.32 Å². The maximum Gasteiger partial charge on any atom is 0.0414 e. The van der Waals surface area contributed by atoms with Crippen molar-refractivity contribution < 1.29 is 0 Å². The highest BCUT2D eigenvalue weighted by molar-refractivity contribution is 9.10. The van der Waals surface area contributed by atoms with Crippen LogP contribution in [0.25, 0.3) is 0 Å². The summed E-state index contributed by atoms with van der Waals surface area (Å²) in [5, 5.41) is 3.42. The summed E-state index contributed by atoms with van der Waals surface area (Å²) >= 11 is 3.44. The topological polar surface area (TPSA) is 24.9 Å². The second kappa shape index (κ2) is 5.06. The van der Waals surface area contributed by atoms with Crippen LogP contribution >= 0.6 is 15.9 Å².